The Balaban J connectivity index is 2.15. The van der Waals surface area contributed by atoms with E-state index in [4.69, 9.17) is 5.11 Å². The summed E-state index contributed by atoms with van der Waals surface area (Å²) in [5.41, 5.74) is 7.65. The van der Waals surface area contributed by atoms with Crippen LogP contribution in [0, 0.1) is 6.92 Å². The largest absolute Gasteiger partial charge is 0.478 e. The smallest absolute Gasteiger partial charge is 0.335 e. The zero-order chi connectivity index (χ0) is 20.0. The number of aliphatic imine (C=N–C) groups is 1. The van der Waals surface area contributed by atoms with E-state index in [1.807, 2.05) is 12.1 Å². The summed E-state index contributed by atoms with van der Waals surface area (Å²) in [5.74, 6) is -0.912. The van der Waals surface area contributed by atoms with E-state index in [1.54, 1.807) is 19.2 Å². The van der Waals surface area contributed by atoms with Crippen LogP contribution in [0.5, 0.6) is 0 Å². The lowest BCUT2D eigenvalue weighted by Gasteiger charge is -2.42. The van der Waals surface area contributed by atoms with Gasteiger partial charge in [-0.3, -0.25) is 4.99 Å². The average Bonchev–Trinajstić information content (AvgIpc) is 2.61. The average molecular weight is 364 g/mol. The van der Waals surface area contributed by atoms with Gasteiger partial charge in [-0.2, -0.15) is 0 Å². The van der Waals surface area contributed by atoms with Crippen molar-refractivity contribution in [3.8, 4) is 0 Å². The summed E-state index contributed by atoms with van der Waals surface area (Å²) in [7, 11) is 1.80. The molecule has 142 valence electrons. The number of nitrogens with zero attached hydrogens (tertiary/aromatic N) is 1. The second-order valence-electron chi connectivity index (χ2n) is 8.94. The molecule has 3 rings (SSSR count). The fourth-order valence-corrected chi connectivity index (χ4v) is 4.15. The predicted octanol–water partition coefficient (Wildman–Crippen LogP) is 5.51. The molecular formula is C24H29NO2. The van der Waals surface area contributed by atoms with Crippen LogP contribution < -0.4 is 0 Å². The van der Waals surface area contributed by atoms with Gasteiger partial charge < -0.3 is 5.11 Å². The summed E-state index contributed by atoms with van der Waals surface area (Å²) in [5, 5.41) is 9.14. The van der Waals surface area contributed by atoms with Gasteiger partial charge in [0, 0.05) is 18.2 Å². The third-order valence-electron chi connectivity index (χ3n) is 6.08. The highest BCUT2D eigenvalue weighted by atomic mass is 16.4. The highest BCUT2D eigenvalue weighted by Gasteiger charge is 2.37. The maximum Gasteiger partial charge on any atom is 0.335 e. The number of carboxylic acids is 1. The zero-order valence-corrected chi connectivity index (χ0v) is 17.2. The van der Waals surface area contributed by atoms with E-state index in [-0.39, 0.29) is 10.8 Å². The van der Waals surface area contributed by atoms with Gasteiger partial charge in [0.25, 0.3) is 0 Å². The fraction of sp³-hybridized carbons (Fsp3) is 0.417. The predicted molar refractivity (Wildman–Crippen MR) is 111 cm³/mol. The maximum atomic E-state index is 11.1. The van der Waals surface area contributed by atoms with E-state index in [1.165, 1.54) is 29.5 Å². The molecule has 0 bridgehead atoms. The Kier molecular flexibility index (Phi) is 4.75. The number of carbonyl (C=O) groups is 1. The molecule has 0 radical (unpaired) electrons. The van der Waals surface area contributed by atoms with Crippen LogP contribution in [-0.2, 0) is 10.8 Å². The summed E-state index contributed by atoms with van der Waals surface area (Å²) in [6.07, 6.45) is 2.36. The van der Waals surface area contributed by atoms with Crippen molar-refractivity contribution in [2.75, 3.05) is 7.05 Å². The molecule has 3 heteroatoms. The second-order valence-corrected chi connectivity index (χ2v) is 8.94. The first-order valence-electron chi connectivity index (χ1n) is 9.53. The summed E-state index contributed by atoms with van der Waals surface area (Å²) in [6, 6.07) is 11.6. The Morgan fingerprint density at radius 1 is 0.926 bits per heavy atom. The minimum Gasteiger partial charge on any atom is -0.478 e. The fourth-order valence-electron chi connectivity index (χ4n) is 4.15. The van der Waals surface area contributed by atoms with Crippen molar-refractivity contribution >= 4 is 11.7 Å². The minimum absolute atomic E-state index is 0.138. The van der Waals surface area contributed by atoms with Crippen molar-refractivity contribution in [1.29, 1.82) is 0 Å². The molecule has 0 saturated carbocycles. The molecule has 0 unspecified atom stereocenters. The van der Waals surface area contributed by atoms with Gasteiger partial charge in [-0.1, -0.05) is 45.9 Å². The number of carboxylic acid groups (broad SMARTS) is 1. The lowest BCUT2D eigenvalue weighted by molar-refractivity contribution is 0.0697. The van der Waals surface area contributed by atoms with Gasteiger partial charge in [0.1, 0.15) is 0 Å². The molecule has 0 aliphatic heterocycles. The van der Waals surface area contributed by atoms with E-state index in [0.29, 0.717) is 5.56 Å². The van der Waals surface area contributed by atoms with Crippen molar-refractivity contribution in [2.24, 2.45) is 4.99 Å². The van der Waals surface area contributed by atoms with Crippen molar-refractivity contribution in [3.63, 3.8) is 0 Å². The summed E-state index contributed by atoms with van der Waals surface area (Å²) >= 11 is 0. The van der Waals surface area contributed by atoms with Crippen LogP contribution in [0.25, 0.3) is 0 Å². The third kappa shape index (κ3) is 3.43. The topological polar surface area (TPSA) is 49.7 Å². The molecular weight excluding hydrogens is 334 g/mol. The molecule has 0 spiro atoms. The third-order valence-corrected chi connectivity index (χ3v) is 6.08. The standard InChI is InChI=1S/C24H29NO2/c1-15-13-19-20(24(4,5)12-11-23(19,2)3)14-18(15)21(25-6)16-7-9-17(10-8-16)22(26)27/h7-10,13-14H,11-12H2,1-6H3,(H,26,27). The molecule has 0 fully saturated rings. The van der Waals surface area contributed by atoms with Gasteiger partial charge in [-0.15, -0.1) is 0 Å². The van der Waals surface area contributed by atoms with Gasteiger partial charge in [-0.25, -0.2) is 4.79 Å². The molecule has 27 heavy (non-hydrogen) atoms. The van der Waals surface area contributed by atoms with Crippen LogP contribution in [-0.4, -0.2) is 23.8 Å². The Bertz CT molecular complexity index is 918. The molecule has 1 N–H and O–H groups in total. The lowest BCUT2D eigenvalue weighted by atomic mass is 9.62. The van der Waals surface area contributed by atoms with Crippen molar-refractivity contribution < 1.29 is 9.90 Å². The highest BCUT2D eigenvalue weighted by molar-refractivity contribution is 6.14. The molecule has 2 aromatic rings. The van der Waals surface area contributed by atoms with Crippen LogP contribution in [0.3, 0.4) is 0 Å². The van der Waals surface area contributed by atoms with E-state index < -0.39 is 5.97 Å². The molecule has 0 atom stereocenters. The van der Waals surface area contributed by atoms with Crippen molar-refractivity contribution in [3.05, 3.63) is 69.8 Å². The van der Waals surface area contributed by atoms with Gasteiger partial charge in [-0.05, 0) is 65.5 Å². The van der Waals surface area contributed by atoms with Crippen LogP contribution >= 0.6 is 0 Å². The highest BCUT2D eigenvalue weighted by Crippen LogP contribution is 2.46. The molecule has 2 aromatic carbocycles. The number of aromatic carboxylic acids is 1. The van der Waals surface area contributed by atoms with Gasteiger partial charge in [0.15, 0.2) is 0 Å². The SMILES string of the molecule is CN=C(c1ccc(C(=O)O)cc1)c1cc2c(cc1C)C(C)(C)CCC2(C)C. The number of rotatable bonds is 3. The Morgan fingerprint density at radius 2 is 1.41 bits per heavy atom. The van der Waals surface area contributed by atoms with Crippen LogP contribution in [0.2, 0.25) is 0 Å². The van der Waals surface area contributed by atoms with Crippen molar-refractivity contribution in [2.45, 2.75) is 58.3 Å². The Labute approximate surface area is 162 Å². The molecule has 0 amide bonds. The normalized spacial score (nSPS) is 18.1. The monoisotopic (exact) mass is 363 g/mol. The van der Waals surface area contributed by atoms with E-state index in [2.05, 4.69) is 51.7 Å². The maximum absolute atomic E-state index is 11.1. The van der Waals surface area contributed by atoms with E-state index in [0.717, 1.165) is 16.8 Å². The van der Waals surface area contributed by atoms with Crippen LogP contribution in [0.4, 0.5) is 0 Å². The molecule has 1 aliphatic rings. The Morgan fingerprint density at radius 3 is 1.89 bits per heavy atom. The Hall–Kier alpha value is -2.42. The quantitative estimate of drug-likeness (QED) is 0.731. The number of benzene rings is 2. The lowest BCUT2D eigenvalue weighted by Crippen LogP contribution is -2.34. The first kappa shape index (κ1) is 19.3. The number of hydrogen-bond donors (Lipinski definition) is 1. The number of fused-ring (bicyclic) bond motifs is 1. The van der Waals surface area contributed by atoms with Gasteiger partial charge >= 0.3 is 5.97 Å². The molecule has 3 nitrogen and oxygen atoms in total. The second kappa shape index (κ2) is 6.63. The molecule has 0 aromatic heterocycles. The molecule has 1 aliphatic carbocycles. The van der Waals surface area contributed by atoms with Crippen molar-refractivity contribution in [1.82, 2.24) is 0 Å². The zero-order valence-electron chi connectivity index (χ0n) is 17.2. The van der Waals surface area contributed by atoms with Gasteiger partial charge in [0.2, 0.25) is 0 Å². The molecule has 0 heterocycles. The van der Waals surface area contributed by atoms with Gasteiger partial charge in [0.05, 0.1) is 11.3 Å². The number of aryl methyl sites for hydroxylation is 1. The van der Waals surface area contributed by atoms with Crippen LogP contribution in [0.15, 0.2) is 41.4 Å². The number of hydrogen-bond acceptors (Lipinski definition) is 2. The summed E-state index contributed by atoms with van der Waals surface area (Å²) < 4.78 is 0. The summed E-state index contributed by atoms with van der Waals surface area (Å²) in [6.45, 7) is 11.5. The first-order chi connectivity index (χ1) is 12.6. The minimum atomic E-state index is -0.912. The first-order valence-corrected chi connectivity index (χ1v) is 9.53. The molecule has 0 saturated heterocycles. The van der Waals surface area contributed by atoms with E-state index >= 15 is 0 Å². The summed E-state index contributed by atoms with van der Waals surface area (Å²) in [4.78, 5) is 15.7. The van der Waals surface area contributed by atoms with E-state index in [9.17, 15) is 4.79 Å². The van der Waals surface area contributed by atoms with Crippen LogP contribution in [0.1, 0.15) is 78.7 Å².